The van der Waals surface area contributed by atoms with Crippen molar-refractivity contribution < 1.29 is 9.47 Å². The van der Waals surface area contributed by atoms with Crippen LogP contribution in [0.15, 0.2) is 73.4 Å². The molecule has 10 nitrogen and oxygen atoms in total. The first-order chi connectivity index (χ1) is 16.3. The standard InChI is InChI=1S/C23H24N8O2/c1-3-19(4-2-18(1)15-30-9-11-32-12-10-30)26-23-16-31(29-27-23)28-20-5-7-21(8-6-20)33-22-13-24-17-25-14-22/h1-8,13-14,16-17,26,28H,9-12,15H2. The Bertz CT molecular complexity index is 1140. The van der Waals surface area contributed by atoms with E-state index in [1.54, 1.807) is 23.4 Å². The smallest absolute Gasteiger partial charge is 0.175 e. The molecule has 4 aromatic rings. The van der Waals surface area contributed by atoms with E-state index in [9.17, 15) is 0 Å². The van der Waals surface area contributed by atoms with E-state index in [0.717, 1.165) is 44.2 Å². The number of rotatable bonds is 8. The normalized spacial score (nSPS) is 14.1. The molecule has 1 aliphatic rings. The second-order valence-electron chi connectivity index (χ2n) is 7.57. The van der Waals surface area contributed by atoms with E-state index in [-0.39, 0.29) is 0 Å². The lowest BCUT2D eigenvalue weighted by Crippen LogP contribution is -2.35. The summed E-state index contributed by atoms with van der Waals surface area (Å²) >= 11 is 0. The summed E-state index contributed by atoms with van der Waals surface area (Å²) in [5.74, 6) is 1.92. The average molecular weight is 444 g/mol. The van der Waals surface area contributed by atoms with Crippen LogP contribution in [0.3, 0.4) is 0 Å². The molecule has 0 spiro atoms. The van der Waals surface area contributed by atoms with E-state index in [2.05, 4.69) is 60.2 Å². The third kappa shape index (κ3) is 5.82. The zero-order chi connectivity index (χ0) is 22.3. The molecule has 2 N–H and O–H groups in total. The van der Waals surface area contributed by atoms with Gasteiger partial charge in [0, 0.05) is 25.3 Å². The fourth-order valence-corrected chi connectivity index (χ4v) is 3.44. The maximum Gasteiger partial charge on any atom is 0.175 e. The van der Waals surface area contributed by atoms with Gasteiger partial charge < -0.3 is 14.8 Å². The van der Waals surface area contributed by atoms with Gasteiger partial charge in [0.25, 0.3) is 0 Å². The van der Waals surface area contributed by atoms with Gasteiger partial charge in [-0.05, 0) is 47.2 Å². The van der Waals surface area contributed by atoms with Crippen LogP contribution < -0.4 is 15.5 Å². The van der Waals surface area contributed by atoms with Gasteiger partial charge in [-0.1, -0.05) is 12.1 Å². The Labute approximate surface area is 191 Å². The Balaban J connectivity index is 1.14. The Hall–Kier alpha value is -4.02. The summed E-state index contributed by atoms with van der Waals surface area (Å²) < 4.78 is 11.1. The molecule has 0 atom stereocenters. The molecule has 2 aromatic carbocycles. The maximum absolute atomic E-state index is 5.70. The van der Waals surface area contributed by atoms with E-state index in [0.29, 0.717) is 17.3 Å². The van der Waals surface area contributed by atoms with Crippen LogP contribution in [0.1, 0.15) is 5.56 Å². The Morgan fingerprint density at radius 1 is 0.879 bits per heavy atom. The average Bonchev–Trinajstić information content (AvgIpc) is 3.29. The predicted octanol–water partition coefficient (Wildman–Crippen LogP) is 3.31. The number of aromatic nitrogens is 5. The van der Waals surface area contributed by atoms with Gasteiger partial charge in [-0.15, -0.1) is 5.10 Å². The molecule has 1 fully saturated rings. The zero-order valence-corrected chi connectivity index (χ0v) is 18.0. The SMILES string of the molecule is c1ncc(Oc2ccc(Nn3cc(Nc4ccc(CN5CCOCC5)cc4)nn3)cc2)cn1. The van der Waals surface area contributed by atoms with Crippen LogP contribution in [0, 0.1) is 0 Å². The summed E-state index contributed by atoms with van der Waals surface area (Å²) in [6, 6.07) is 15.9. The Morgan fingerprint density at radius 3 is 2.36 bits per heavy atom. The molecule has 1 aliphatic heterocycles. The number of hydrogen-bond donors (Lipinski definition) is 2. The first kappa shape index (κ1) is 20.9. The van der Waals surface area contributed by atoms with Gasteiger partial charge >= 0.3 is 0 Å². The van der Waals surface area contributed by atoms with Crippen molar-refractivity contribution in [3.8, 4) is 11.5 Å². The quantitative estimate of drug-likeness (QED) is 0.424. The van der Waals surface area contributed by atoms with Gasteiger partial charge in [-0.2, -0.15) is 4.79 Å². The summed E-state index contributed by atoms with van der Waals surface area (Å²) in [5, 5.41) is 11.6. The molecular formula is C23H24N8O2. The number of ether oxygens (including phenoxy) is 2. The molecule has 33 heavy (non-hydrogen) atoms. The molecule has 5 rings (SSSR count). The molecule has 10 heteroatoms. The number of benzene rings is 2. The summed E-state index contributed by atoms with van der Waals surface area (Å²) in [7, 11) is 0. The first-order valence-electron chi connectivity index (χ1n) is 10.7. The molecular weight excluding hydrogens is 420 g/mol. The van der Waals surface area contributed by atoms with Gasteiger partial charge in [0.05, 0.1) is 37.5 Å². The molecule has 0 saturated carbocycles. The molecule has 0 unspecified atom stereocenters. The molecule has 1 saturated heterocycles. The lowest BCUT2D eigenvalue weighted by Gasteiger charge is -2.26. The number of hydrogen-bond acceptors (Lipinski definition) is 9. The van der Waals surface area contributed by atoms with Crippen molar-refractivity contribution >= 4 is 17.2 Å². The number of nitrogens with zero attached hydrogens (tertiary/aromatic N) is 6. The maximum atomic E-state index is 5.70. The zero-order valence-electron chi connectivity index (χ0n) is 18.0. The Morgan fingerprint density at radius 2 is 1.61 bits per heavy atom. The van der Waals surface area contributed by atoms with E-state index in [4.69, 9.17) is 9.47 Å². The molecule has 0 radical (unpaired) electrons. The van der Waals surface area contributed by atoms with E-state index in [1.807, 2.05) is 24.3 Å². The van der Waals surface area contributed by atoms with Crippen molar-refractivity contribution in [1.29, 1.82) is 0 Å². The number of anilines is 3. The van der Waals surface area contributed by atoms with Gasteiger partial charge in [0.1, 0.15) is 12.1 Å². The van der Waals surface area contributed by atoms with Crippen LogP contribution in [0.5, 0.6) is 11.5 Å². The van der Waals surface area contributed by atoms with Crippen molar-refractivity contribution in [1.82, 2.24) is 30.0 Å². The molecule has 0 amide bonds. The predicted molar refractivity (Wildman–Crippen MR) is 123 cm³/mol. The third-order valence-electron chi connectivity index (χ3n) is 5.10. The second-order valence-corrected chi connectivity index (χ2v) is 7.57. The minimum absolute atomic E-state index is 0.583. The summed E-state index contributed by atoms with van der Waals surface area (Å²) in [5.41, 5.74) is 6.24. The summed E-state index contributed by atoms with van der Waals surface area (Å²) in [4.78, 5) is 11.8. The van der Waals surface area contributed by atoms with Crippen molar-refractivity contribution in [2.24, 2.45) is 0 Å². The number of morpholine rings is 1. The highest BCUT2D eigenvalue weighted by atomic mass is 16.5. The Kier molecular flexibility index (Phi) is 6.36. The van der Waals surface area contributed by atoms with Crippen LogP contribution in [-0.2, 0) is 11.3 Å². The molecule has 2 aromatic heterocycles. The van der Waals surface area contributed by atoms with Crippen LogP contribution in [-0.4, -0.2) is 56.3 Å². The van der Waals surface area contributed by atoms with Crippen LogP contribution in [0.2, 0.25) is 0 Å². The van der Waals surface area contributed by atoms with E-state index in [1.165, 1.54) is 11.9 Å². The molecule has 0 aliphatic carbocycles. The van der Waals surface area contributed by atoms with Crippen molar-refractivity contribution in [2.45, 2.75) is 6.54 Å². The topological polar surface area (TPSA) is 102 Å². The summed E-state index contributed by atoms with van der Waals surface area (Å²) in [6.07, 6.45) is 6.47. The number of nitrogens with one attached hydrogen (secondary N) is 2. The van der Waals surface area contributed by atoms with Crippen LogP contribution >= 0.6 is 0 Å². The molecule has 0 bridgehead atoms. The monoisotopic (exact) mass is 444 g/mol. The second kappa shape index (κ2) is 10.1. The first-order valence-corrected chi connectivity index (χ1v) is 10.7. The van der Waals surface area contributed by atoms with Gasteiger partial charge in [-0.3, -0.25) is 10.3 Å². The minimum atomic E-state index is 0.583. The van der Waals surface area contributed by atoms with Gasteiger partial charge in [0.2, 0.25) is 0 Å². The van der Waals surface area contributed by atoms with Crippen molar-refractivity contribution in [3.05, 3.63) is 79.0 Å². The fourth-order valence-electron chi connectivity index (χ4n) is 3.44. The molecule has 168 valence electrons. The van der Waals surface area contributed by atoms with Gasteiger partial charge in [0.15, 0.2) is 11.6 Å². The largest absolute Gasteiger partial charge is 0.454 e. The van der Waals surface area contributed by atoms with E-state index < -0.39 is 0 Å². The summed E-state index contributed by atoms with van der Waals surface area (Å²) in [6.45, 7) is 4.52. The highest BCUT2D eigenvalue weighted by molar-refractivity contribution is 5.55. The lowest BCUT2D eigenvalue weighted by molar-refractivity contribution is 0.0342. The van der Waals surface area contributed by atoms with Crippen molar-refractivity contribution in [3.63, 3.8) is 0 Å². The highest BCUT2D eigenvalue weighted by Crippen LogP contribution is 2.22. The van der Waals surface area contributed by atoms with Crippen LogP contribution in [0.4, 0.5) is 17.2 Å². The van der Waals surface area contributed by atoms with Crippen LogP contribution in [0.25, 0.3) is 0 Å². The van der Waals surface area contributed by atoms with Crippen molar-refractivity contribution in [2.75, 3.05) is 37.0 Å². The van der Waals surface area contributed by atoms with Gasteiger partial charge in [-0.25, -0.2) is 9.97 Å². The molecule has 3 heterocycles. The highest BCUT2D eigenvalue weighted by Gasteiger charge is 2.10. The third-order valence-corrected chi connectivity index (χ3v) is 5.10. The minimum Gasteiger partial charge on any atom is -0.454 e. The fraction of sp³-hybridized carbons (Fsp3) is 0.217. The van der Waals surface area contributed by atoms with E-state index >= 15 is 0 Å². The lowest BCUT2D eigenvalue weighted by atomic mass is 10.2.